The van der Waals surface area contributed by atoms with Crippen molar-refractivity contribution in [2.24, 2.45) is 17.3 Å². The minimum atomic E-state index is 0.213. The van der Waals surface area contributed by atoms with E-state index in [1.54, 1.807) is 0 Å². The molecule has 2 radical (unpaired) electrons. The number of para-hydroxylation sites is 1. The first-order valence-electron chi connectivity index (χ1n) is 10.3. The average molecular weight is 340 g/mol. The highest BCUT2D eigenvalue weighted by molar-refractivity contribution is 5.66. The Kier molecular flexibility index (Phi) is 4.75. The molecule has 3 atom stereocenters. The number of anilines is 1. The van der Waals surface area contributed by atoms with Crippen LogP contribution < -0.4 is 4.90 Å². The van der Waals surface area contributed by atoms with Gasteiger partial charge in [-0.3, -0.25) is 0 Å². The van der Waals surface area contributed by atoms with E-state index in [2.05, 4.69) is 85.0 Å². The Morgan fingerprint density at radius 2 is 1.56 bits per heavy atom. The van der Waals surface area contributed by atoms with Crippen molar-refractivity contribution in [2.75, 3.05) is 4.90 Å². The van der Waals surface area contributed by atoms with Gasteiger partial charge in [0.25, 0.3) is 0 Å². The highest BCUT2D eigenvalue weighted by Crippen LogP contribution is 2.61. The molecule has 2 aliphatic heterocycles. The van der Waals surface area contributed by atoms with Gasteiger partial charge < -0.3 is 4.90 Å². The van der Waals surface area contributed by atoms with E-state index in [0.717, 1.165) is 5.92 Å². The summed E-state index contributed by atoms with van der Waals surface area (Å²) in [6.07, 6.45) is 3.86. The molecule has 1 nitrogen and oxygen atoms in total. The highest BCUT2D eigenvalue weighted by Gasteiger charge is 2.57. The zero-order valence-corrected chi connectivity index (χ0v) is 17.6. The molecule has 1 heteroatoms. The average Bonchev–Trinajstić information content (AvgIpc) is 2.53. The van der Waals surface area contributed by atoms with Gasteiger partial charge in [0.2, 0.25) is 0 Å². The maximum atomic E-state index is 4.10. The van der Waals surface area contributed by atoms with Crippen molar-refractivity contribution in [3.8, 4) is 0 Å². The van der Waals surface area contributed by atoms with Gasteiger partial charge in [0.05, 0.1) is 6.54 Å². The third-order valence-corrected chi connectivity index (χ3v) is 7.16. The van der Waals surface area contributed by atoms with Gasteiger partial charge in [-0.15, -0.1) is 0 Å². The van der Waals surface area contributed by atoms with Crippen LogP contribution in [-0.2, 0) is 0 Å². The largest absolute Gasteiger partial charge is 0.354 e. The fourth-order valence-electron chi connectivity index (χ4n) is 5.46. The van der Waals surface area contributed by atoms with E-state index in [9.17, 15) is 0 Å². The summed E-state index contributed by atoms with van der Waals surface area (Å²) in [6, 6.07) is 6.93. The van der Waals surface area contributed by atoms with Crippen molar-refractivity contribution in [2.45, 2.75) is 92.0 Å². The minimum absolute atomic E-state index is 0.213. The van der Waals surface area contributed by atoms with Crippen molar-refractivity contribution in [1.29, 1.82) is 0 Å². The third kappa shape index (κ3) is 2.82. The van der Waals surface area contributed by atoms with Crippen LogP contribution in [0.1, 0.15) is 97.6 Å². The highest BCUT2D eigenvalue weighted by atomic mass is 15.2. The van der Waals surface area contributed by atoms with Crippen LogP contribution in [0.4, 0.5) is 5.69 Å². The molecule has 2 unspecified atom stereocenters. The number of hydrogen-bond acceptors (Lipinski definition) is 1. The Labute approximate surface area is 156 Å². The molecule has 0 amide bonds. The van der Waals surface area contributed by atoms with Gasteiger partial charge in [-0.1, -0.05) is 66.7 Å². The Hall–Kier alpha value is -0.980. The molecular formula is C24H37N. The lowest BCUT2D eigenvalue weighted by atomic mass is 9.53. The second-order valence-electron chi connectivity index (χ2n) is 9.84. The summed E-state index contributed by atoms with van der Waals surface area (Å²) < 4.78 is 0. The fourth-order valence-corrected chi connectivity index (χ4v) is 5.46. The molecule has 0 aromatic heterocycles. The zero-order chi connectivity index (χ0) is 18.6. The van der Waals surface area contributed by atoms with E-state index in [0.29, 0.717) is 17.8 Å². The van der Waals surface area contributed by atoms with E-state index < -0.39 is 0 Å². The van der Waals surface area contributed by atoms with Crippen molar-refractivity contribution in [3.63, 3.8) is 0 Å². The van der Waals surface area contributed by atoms with E-state index in [1.807, 2.05) is 0 Å². The van der Waals surface area contributed by atoms with Gasteiger partial charge >= 0.3 is 0 Å². The van der Waals surface area contributed by atoms with Crippen molar-refractivity contribution in [3.05, 3.63) is 35.9 Å². The quantitative estimate of drug-likeness (QED) is 0.570. The summed E-state index contributed by atoms with van der Waals surface area (Å²) in [5.41, 5.74) is 4.88. The number of hydrogen-bond donors (Lipinski definition) is 0. The lowest BCUT2D eigenvalue weighted by molar-refractivity contribution is 0.00727. The van der Waals surface area contributed by atoms with E-state index in [4.69, 9.17) is 0 Å². The second kappa shape index (κ2) is 6.32. The molecular weight excluding hydrogens is 302 g/mol. The molecule has 2 saturated heterocycles. The van der Waals surface area contributed by atoms with Crippen molar-refractivity contribution in [1.82, 2.24) is 0 Å². The molecule has 3 fully saturated rings. The Bertz CT molecular complexity index is 603. The monoisotopic (exact) mass is 339 g/mol. The van der Waals surface area contributed by atoms with E-state index >= 15 is 0 Å². The maximum absolute atomic E-state index is 4.10. The number of fused-ring (bicyclic) bond motifs is 3. The van der Waals surface area contributed by atoms with Crippen LogP contribution in [-0.4, -0.2) is 5.54 Å². The topological polar surface area (TPSA) is 3.24 Å². The predicted octanol–water partition coefficient (Wildman–Crippen LogP) is 7.01. The second-order valence-corrected chi connectivity index (χ2v) is 9.84. The molecule has 4 rings (SSSR count). The minimum Gasteiger partial charge on any atom is -0.354 e. The lowest BCUT2D eigenvalue weighted by Gasteiger charge is -2.63. The van der Waals surface area contributed by atoms with Crippen LogP contribution in [0.2, 0.25) is 0 Å². The first-order chi connectivity index (χ1) is 11.6. The maximum Gasteiger partial charge on any atom is 0.0990 e. The molecule has 1 saturated carbocycles. The van der Waals surface area contributed by atoms with Gasteiger partial charge in [-0.05, 0) is 61.0 Å². The summed E-state index contributed by atoms with van der Waals surface area (Å²) in [7, 11) is 0. The molecule has 1 aliphatic carbocycles. The SMILES string of the molecule is CC(C)c1cccc(C(C)C)c1N1[C]C2(C(C)C)CCC1(C)C[C@H]2C. The molecule has 2 heterocycles. The third-order valence-electron chi connectivity index (χ3n) is 7.16. The first kappa shape index (κ1) is 18.8. The summed E-state index contributed by atoms with van der Waals surface area (Å²) in [5, 5.41) is 0. The van der Waals surface area contributed by atoms with Gasteiger partial charge in [0.15, 0.2) is 0 Å². The first-order valence-corrected chi connectivity index (χ1v) is 10.3. The molecule has 25 heavy (non-hydrogen) atoms. The predicted molar refractivity (Wildman–Crippen MR) is 109 cm³/mol. The molecule has 1 aromatic carbocycles. The van der Waals surface area contributed by atoms with Gasteiger partial charge in [-0.25, -0.2) is 0 Å². The van der Waals surface area contributed by atoms with Crippen molar-refractivity contribution < 1.29 is 0 Å². The van der Waals surface area contributed by atoms with Gasteiger partial charge in [0, 0.05) is 16.6 Å². The molecule has 2 bridgehead atoms. The van der Waals surface area contributed by atoms with Gasteiger partial charge in [-0.2, -0.15) is 0 Å². The molecule has 0 N–H and O–H groups in total. The summed E-state index contributed by atoms with van der Waals surface area (Å²) in [4.78, 5) is 2.61. The number of nitrogens with zero attached hydrogens (tertiary/aromatic N) is 1. The summed E-state index contributed by atoms with van der Waals surface area (Å²) in [5.74, 6) is 2.43. The van der Waals surface area contributed by atoms with Crippen LogP contribution in [0, 0.1) is 23.8 Å². The molecule has 3 aliphatic rings. The molecule has 1 aromatic rings. The van der Waals surface area contributed by atoms with Crippen LogP contribution in [0.3, 0.4) is 0 Å². The summed E-state index contributed by atoms with van der Waals surface area (Å²) in [6.45, 7) is 23.1. The van der Waals surface area contributed by atoms with Crippen LogP contribution in [0.15, 0.2) is 18.2 Å². The van der Waals surface area contributed by atoms with E-state index in [-0.39, 0.29) is 11.0 Å². The van der Waals surface area contributed by atoms with Crippen LogP contribution >= 0.6 is 0 Å². The standard InChI is InChI=1S/C24H37N/c1-16(2)20-10-9-11-21(17(3)4)22(20)25-15-24(18(5)6)13-12-23(25,8)14-19(24)7/h9-11,16-19H,12-14H2,1-8H3/t19-,23?,24?/m1/s1. The molecule has 0 spiro atoms. The number of piperidine rings is 2. The van der Waals surface area contributed by atoms with Gasteiger partial charge in [0.1, 0.15) is 0 Å². The Morgan fingerprint density at radius 3 is 2.00 bits per heavy atom. The van der Waals surface area contributed by atoms with E-state index in [1.165, 1.54) is 36.1 Å². The number of rotatable bonds is 4. The lowest BCUT2D eigenvalue weighted by Crippen LogP contribution is -2.63. The van der Waals surface area contributed by atoms with Crippen LogP contribution in [0.5, 0.6) is 0 Å². The fraction of sp³-hybridized carbons (Fsp3) is 0.708. The molecule has 138 valence electrons. The zero-order valence-electron chi connectivity index (χ0n) is 17.6. The normalized spacial score (nSPS) is 32.3. The van der Waals surface area contributed by atoms with Crippen LogP contribution in [0.25, 0.3) is 0 Å². The Balaban J connectivity index is 2.16. The summed E-state index contributed by atoms with van der Waals surface area (Å²) >= 11 is 0. The number of benzene rings is 1. The Morgan fingerprint density at radius 1 is 1.00 bits per heavy atom. The smallest absolute Gasteiger partial charge is 0.0990 e. The van der Waals surface area contributed by atoms with Crippen molar-refractivity contribution >= 4 is 5.69 Å².